The predicted molar refractivity (Wildman–Crippen MR) is 70.5 cm³/mol. The summed E-state index contributed by atoms with van der Waals surface area (Å²) in [5.41, 5.74) is -1.22. The van der Waals surface area contributed by atoms with Gasteiger partial charge in [0.25, 0.3) is 0 Å². The highest BCUT2D eigenvalue weighted by Crippen LogP contribution is 2.32. The normalized spacial score (nSPS) is 11.5. The van der Waals surface area contributed by atoms with Gasteiger partial charge in [-0.3, -0.25) is 0 Å². The lowest BCUT2D eigenvalue weighted by atomic mass is 10.2. The average Bonchev–Trinajstić information content (AvgIpc) is 2.27. The van der Waals surface area contributed by atoms with Crippen molar-refractivity contribution >= 4 is 23.0 Å². The Morgan fingerprint density at radius 2 is 1.95 bits per heavy atom. The standard InChI is InChI=1S/C12H14F4N2S/c1-7(2)6-17-11(19)18-8-3-4-10(13)9(5-8)12(14,15)16/h3-5,7H,6H2,1-2H3,(H2,17,18,19). The number of anilines is 1. The largest absolute Gasteiger partial charge is 0.419 e. The lowest BCUT2D eigenvalue weighted by Gasteiger charge is -2.14. The van der Waals surface area contributed by atoms with E-state index in [0.29, 0.717) is 18.5 Å². The van der Waals surface area contributed by atoms with Crippen molar-refractivity contribution in [3.63, 3.8) is 0 Å². The van der Waals surface area contributed by atoms with Crippen molar-refractivity contribution in [3.05, 3.63) is 29.6 Å². The van der Waals surface area contributed by atoms with Crippen LogP contribution < -0.4 is 10.6 Å². The van der Waals surface area contributed by atoms with E-state index in [1.807, 2.05) is 13.8 Å². The summed E-state index contributed by atoms with van der Waals surface area (Å²) in [5, 5.41) is 5.64. The molecule has 0 saturated heterocycles. The summed E-state index contributed by atoms with van der Waals surface area (Å²) in [6.07, 6.45) is -4.73. The number of hydrogen-bond acceptors (Lipinski definition) is 1. The number of hydrogen-bond donors (Lipinski definition) is 2. The molecule has 0 amide bonds. The van der Waals surface area contributed by atoms with Crippen molar-refractivity contribution < 1.29 is 17.6 Å². The maximum absolute atomic E-state index is 13.1. The van der Waals surface area contributed by atoms with Gasteiger partial charge in [-0.05, 0) is 36.3 Å². The van der Waals surface area contributed by atoms with E-state index < -0.39 is 17.6 Å². The molecule has 2 N–H and O–H groups in total. The highest BCUT2D eigenvalue weighted by atomic mass is 32.1. The summed E-state index contributed by atoms with van der Waals surface area (Å²) >= 11 is 4.93. The van der Waals surface area contributed by atoms with E-state index in [9.17, 15) is 17.6 Å². The fourth-order valence-electron chi connectivity index (χ4n) is 1.29. The second kappa shape index (κ2) is 6.18. The molecule has 0 aliphatic carbocycles. The van der Waals surface area contributed by atoms with Crippen molar-refractivity contribution in [3.8, 4) is 0 Å². The van der Waals surface area contributed by atoms with Gasteiger partial charge in [0.15, 0.2) is 5.11 Å². The van der Waals surface area contributed by atoms with Gasteiger partial charge in [-0.2, -0.15) is 13.2 Å². The van der Waals surface area contributed by atoms with E-state index in [2.05, 4.69) is 10.6 Å². The molecule has 0 radical (unpaired) electrons. The van der Waals surface area contributed by atoms with Gasteiger partial charge in [0.1, 0.15) is 5.82 Å². The van der Waals surface area contributed by atoms with E-state index in [1.165, 1.54) is 6.07 Å². The van der Waals surface area contributed by atoms with Crippen LogP contribution in [0.1, 0.15) is 19.4 Å². The first-order chi connectivity index (χ1) is 8.70. The van der Waals surface area contributed by atoms with Crippen LogP contribution >= 0.6 is 12.2 Å². The minimum Gasteiger partial charge on any atom is -0.362 e. The van der Waals surface area contributed by atoms with Gasteiger partial charge in [0, 0.05) is 12.2 Å². The summed E-state index contributed by atoms with van der Waals surface area (Å²) in [5.74, 6) is -0.960. The molecular formula is C12H14F4N2S. The van der Waals surface area contributed by atoms with E-state index in [-0.39, 0.29) is 10.8 Å². The summed E-state index contributed by atoms with van der Waals surface area (Å²) in [4.78, 5) is 0. The van der Waals surface area contributed by atoms with Crippen LogP contribution in [-0.4, -0.2) is 11.7 Å². The predicted octanol–water partition coefficient (Wildman–Crippen LogP) is 3.79. The Kier molecular flexibility index (Phi) is 5.11. The lowest BCUT2D eigenvalue weighted by Crippen LogP contribution is -2.31. The number of halogens is 4. The molecule has 0 aliphatic heterocycles. The SMILES string of the molecule is CC(C)CNC(=S)Nc1ccc(F)c(C(F)(F)F)c1. The van der Waals surface area contributed by atoms with Crippen LogP contribution in [0.5, 0.6) is 0 Å². The third-order valence-electron chi connectivity index (χ3n) is 2.20. The lowest BCUT2D eigenvalue weighted by molar-refractivity contribution is -0.139. The van der Waals surface area contributed by atoms with E-state index >= 15 is 0 Å². The molecule has 0 bridgehead atoms. The van der Waals surface area contributed by atoms with Crippen LogP contribution in [0.15, 0.2) is 18.2 Å². The quantitative estimate of drug-likeness (QED) is 0.655. The minimum atomic E-state index is -4.73. The van der Waals surface area contributed by atoms with Crippen LogP contribution in [0.3, 0.4) is 0 Å². The number of nitrogens with one attached hydrogen (secondary N) is 2. The van der Waals surface area contributed by atoms with Gasteiger partial charge in [0.05, 0.1) is 5.56 Å². The Hall–Kier alpha value is -1.37. The average molecular weight is 294 g/mol. The zero-order chi connectivity index (χ0) is 14.6. The van der Waals surface area contributed by atoms with Crippen molar-refractivity contribution in [2.75, 3.05) is 11.9 Å². The van der Waals surface area contributed by atoms with Crippen molar-refractivity contribution in [1.29, 1.82) is 0 Å². The molecule has 0 saturated carbocycles. The van der Waals surface area contributed by atoms with Crippen molar-refractivity contribution in [2.24, 2.45) is 5.92 Å². The number of alkyl halides is 3. The minimum absolute atomic E-state index is 0.0926. The Morgan fingerprint density at radius 1 is 1.32 bits per heavy atom. The molecule has 106 valence electrons. The smallest absolute Gasteiger partial charge is 0.362 e. The van der Waals surface area contributed by atoms with Gasteiger partial charge < -0.3 is 10.6 Å². The zero-order valence-corrected chi connectivity index (χ0v) is 11.3. The molecule has 1 aromatic carbocycles. The molecule has 0 fully saturated rings. The molecule has 0 aliphatic rings. The van der Waals surface area contributed by atoms with Gasteiger partial charge >= 0.3 is 6.18 Å². The summed E-state index contributed by atoms with van der Waals surface area (Å²) in [6.45, 7) is 4.53. The zero-order valence-electron chi connectivity index (χ0n) is 10.4. The second-order valence-corrected chi connectivity index (χ2v) is 4.83. The molecular weight excluding hydrogens is 280 g/mol. The summed E-state index contributed by atoms with van der Waals surface area (Å²) in [7, 11) is 0. The Balaban J connectivity index is 2.78. The molecule has 0 unspecified atom stereocenters. The van der Waals surface area contributed by atoms with E-state index in [1.54, 1.807) is 0 Å². The number of rotatable bonds is 3. The molecule has 1 rings (SSSR count). The third kappa shape index (κ3) is 5.02. The maximum Gasteiger partial charge on any atom is 0.419 e. The Morgan fingerprint density at radius 3 is 2.47 bits per heavy atom. The summed E-state index contributed by atoms with van der Waals surface area (Å²) < 4.78 is 50.6. The highest BCUT2D eigenvalue weighted by molar-refractivity contribution is 7.80. The van der Waals surface area contributed by atoms with Crippen molar-refractivity contribution in [1.82, 2.24) is 5.32 Å². The molecule has 19 heavy (non-hydrogen) atoms. The molecule has 2 nitrogen and oxygen atoms in total. The first-order valence-corrected chi connectivity index (χ1v) is 6.02. The van der Waals surface area contributed by atoms with Crippen LogP contribution in [0, 0.1) is 11.7 Å². The molecule has 0 atom stereocenters. The van der Waals surface area contributed by atoms with E-state index in [0.717, 1.165) is 6.07 Å². The fourth-order valence-corrected chi connectivity index (χ4v) is 1.49. The van der Waals surface area contributed by atoms with Crippen LogP contribution in [0.2, 0.25) is 0 Å². The third-order valence-corrected chi connectivity index (χ3v) is 2.45. The fraction of sp³-hybridized carbons (Fsp3) is 0.417. The molecule has 0 spiro atoms. The molecule has 1 aromatic rings. The van der Waals surface area contributed by atoms with E-state index in [4.69, 9.17) is 12.2 Å². The monoisotopic (exact) mass is 294 g/mol. The second-order valence-electron chi connectivity index (χ2n) is 4.42. The van der Waals surface area contributed by atoms with Gasteiger partial charge in [-0.1, -0.05) is 13.8 Å². The van der Waals surface area contributed by atoms with Crippen LogP contribution in [-0.2, 0) is 6.18 Å². The maximum atomic E-state index is 13.1. The Labute approximate surface area is 114 Å². The number of benzene rings is 1. The topological polar surface area (TPSA) is 24.1 Å². The van der Waals surface area contributed by atoms with Crippen molar-refractivity contribution in [2.45, 2.75) is 20.0 Å². The first-order valence-electron chi connectivity index (χ1n) is 5.61. The van der Waals surface area contributed by atoms with Gasteiger partial charge in [-0.25, -0.2) is 4.39 Å². The number of thiocarbonyl (C=S) groups is 1. The highest BCUT2D eigenvalue weighted by Gasteiger charge is 2.34. The van der Waals surface area contributed by atoms with Gasteiger partial charge in [-0.15, -0.1) is 0 Å². The first kappa shape index (κ1) is 15.7. The molecule has 0 aromatic heterocycles. The van der Waals surface area contributed by atoms with Gasteiger partial charge in [0.2, 0.25) is 0 Å². The van der Waals surface area contributed by atoms with Crippen LogP contribution in [0.4, 0.5) is 23.2 Å². The summed E-state index contributed by atoms with van der Waals surface area (Å²) in [6, 6.07) is 2.66. The van der Waals surface area contributed by atoms with Crippen LogP contribution in [0.25, 0.3) is 0 Å². The molecule has 0 heterocycles. The molecule has 7 heteroatoms. The Bertz CT molecular complexity index is 458.